The van der Waals surface area contributed by atoms with Crippen LogP contribution in [0.1, 0.15) is 15.9 Å². The average molecular weight is 341 g/mol. The lowest BCUT2D eigenvalue weighted by Crippen LogP contribution is -2.17. The summed E-state index contributed by atoms with van der Waals surface area (Å²) in [5.74, 6) is -2.21. The molecule has 0 bridgehead atoms. The van der Waals surface area contributed by atoms with Crippen molar-refractivity contribution in [2.75, 3.05) is 0 Å². The molecule has 114 valence electrons. The fourth-order valence-corrected chi connectivity index (χ4v) is 1.85. The second kappa shape index (κ2) is 6.55. The summed E-state index contributed by atoms with van der Waals surface area (Å²) in [6.45, 7) is 0. The van der Waals surface area contributed by atoms with Crippen molar-refractivity contribution in [2.24, 2.45) is 5.10 Å². The van der Waals surface area contributed by atoms with Crippen LogP contribution in [0.2, 0.25) is 10.0 Å². The summed E-state index contributed by atoms with van der Waals surface area (Å²) in [4.78, 5) is 11.8. The molecule has 0 aliphatic carbocycles. The van der Waals surface area contributed by atoms with Crippen LogP contribution in [-0.2, 0) is 0 Å². The van der Waals surface area contributed by atoms with E-state index in [9.17, 15) is 20.1 Å². The van der Waals surface area contributed by atoms with E-state index in [2.05, 4.69) is 10.5 Å². The summed E-state index contributed by atoms with van der Waals surface area (Å²) in [6.07, 6.45) is 1.11. The Morgan fingerprint density at radius 3 is 2.45 bits per heavy atom. The second-order valence-corrected chi connectivity index (χ2v) is 5.01. The molecule has 0 radical (unpaired) electrons. The number of hydrazone groups is 1. The number of benzene rings is 2. The number of aromatic hydroxyl groups is 3. The summed E-state index contributed by atoms with van der Waals surface area (Å²) in [5, 5.41) is 32.3. The molecule has 0 unspecified atom stereocenters. The van der Waals surface area contributed by atoms with Crippen LogP contribution >= 0.6 is 23.2 Å². The highest BCUT2D eigenvalue weighted by Crippen LogP contribution is 2.36. The molecule has 6 nitrogen and oxygen atoms in total. The van der Waals surface area contributed by atoms with Crippen LogP contribution in [0.25, 0.3) is 0 Å². The number of phenols is 3. The van der Waals surface area contributed by atoms with Gasteiger partial charge in [-0.05, 0) is 30.3 Å². The highest BCUT2D eigenvalue weighted by atomic mass is 35.5. The van der Waals surface area contributed by atoms with Gasteiger partial charge in [0, 0.05) is 11.1 Å². The Bertz CT molecular complexity index is 763. The fourth-order valence-electron chi connectivity index (χ4n) is 1.55. The number of halogens is 2. The Hall–Kier alpha value is -2.44. The summed E-state index contributed by atoms with van der Waals surface area (Å²) in [6, 6.07) is 6.84. The second-order valence-electron chi connectivity index (χ2n) is 4.20. The highest BCUT2D eigenvalue weighted by Gasteiger charge is 2.10. The van der Waals surface area contributed by atoms with Gasteiger partial charge in [-0.2, -0.15) is 5.10 Å². The van der Waals surface area contributed by atoms with E-state index in [4.69, 9.17) is 23.2 Å². The van der Waals surface area contributed by atoms with Gasteiger partial charge < -0.3 is 15.3 Å². The minimum Gasteiger partial charge on any atom is -0.504 e. The standard InChI is InChI=1S/C14H10Cl2N2O4/c15-9-3-1-7(5-10(9)16)14(22)18-17-6-8-2-4-11(19)13(21)12(8)20/h1-6,19-21H,(H,18,22)/b17-6-. The molecule has 8 heteroatoms. The van der Waals surface area contributed by atoms with Crippen LogP contribution < -0.4 is 5.43 Å². The van der Waals surface area contributed by atoms with Gasteiger partial charge in [0.25, 0.3) is 5.91 Å². The summed E-state index contributed by atoms with van der Waals surface area (Å²) >= 11 is 11.6. The van der Waals surface area contributed by atoms with Gasteiger partial charge in [0.15, 0.2) is 11.5 Å². The zero-order valence-electron chi connectivity index (χ0n) is 10.9. The smallest absolute Gasteiger partial charge is 0.271 e. The van der Waals surface area contributed by atoms with Crippen molar-refractivity contribution in [1.82, 2.24) is 5.43 Å². The molecule has 0 atom stereocenters. The fraction of sp³-hybridized carbons (Fsp3) is 0. The van der Waals surface area contributed by atoms with Crippen LogP contribution in [-0.4, -0.2) is 27.4 Å². The number of nitrogens with zero attached hydrogens (tertiary/aromatic N) is 1. The van der Waals surface area contributed by atoms with Gasteiger partial charge in [0.1, 0.15) is 0 Å². The van der Waals surface area contributed by atoms with Crippen molar-refractivity contribution < 1.29 is 20.1 Å². The van der Waals surface area contributed by atoms with Gasteiger partial charge in [-0.25, -0.2) is 5.43 Å². The van der Waals surface area contributed by atoms with E-state index in [0.717, 1.165) is 6.21 Å². The van der Waals surface area contributed by atoms with Gasteiger partial charge in [-0.1, -0.05) is 23.2 Å². The van der Waals surface area contributed by atoms with E-state index in [1.165, 1.54) is 30.3 Å². The largest absolute Gasteiger partial charge is 0.504 e. The molecule has 0 aliphatic rings. The first kappa shape index (κ1) is 15.9. The molecular weight excluding hydrogens is 331 g/mol. The normalized spacial score (nSPS) is 10.8. The molecule has 4 N–H and O–H groups in total. The average Bonchev–Trinajstić information content (AvgIpc) is 2.50. The summed E-state index contributed by atoms with van der Waals surface area (Å²) < 4.78 is 0. The van der Waals surface area contributed by atoms with Gasteiger partial charge in [-0.15, -0.1) is 0 Å². The monoisotopic (exact) mass is 340 g/mol. The van der Waals surface area contributed by atoms with E-state index in [-0.39, 0.29) is 16.1 Å². The first-order valence-corrected chi connectivity index (χ1v) is 6.68. The molecule has 0 heterocycles. The first-order chi connectivity index (χ1) is 10.4. The Kier molecular flexibility index (Phi) is 4.75. The van der Waals surface area contributed by atoms with Crippen molar-refractivity contribution in [3.05, 3.63) is 51.5 Å². The molecule has 0 saturated heterocycles. The van der Waals surface area contributed by atoms with E-state index in [1.54, 1.807) is 0 Å². The number of rotatable bonds is 3. The molecular formula is C14H10Cl2N2O4. The van der Waals surface area contributed by atoms with Crippen LogP contribution in [0.5, 0.6) is 17.2 Å². The molecule has 2 aromatic rings. The van der Waals surface area contributed by atoms with Crippen molar-refractivity contribution >= 4 is 35.3 Å². The molecule has 0 spiro atoms. The Morgan fingerprint density at radius 1 is 1.05 bits per heavy atom. The maximum Gasteiger partial charge on any atom is 0.271 e. The van der Waals surface area contributed by atoms with Crippen LogP contribution in [0.15, 0.2) is 35.4 Å². The van der Waals surface area contributed by atoms with Gasteiger partial charge in [0.05, 0.1) is 16.3 Å². The Morgan fingerprint density at radius 2 is 1.77 bits per heavy atom. The first-order valence-electron chi connectivity index (χ1n) is 5.92. The third kappa shape index (κ3) is 3.41. The minimum atomic E-state index is -0.667. The van der Waals surface area contributed by atoms with Gasteiger partial charge in [-0.3, -0.25) is 4.79 Å². The topological polar surface area (TPSA) is 102 Å². The number of hydrogen-bond donors (Lipinski definition) is 4. The van der Waals surface area contributed by atoms with Gasteiger partial charge >= 0.3 is 0 Å². The SMILES string of the molecule is O=C(N/N=C\c1ccc(O)c(O)c1O)c1ccc(Cl)c(Cl)c1. The predicted octanol–water partition coefficient (Wildman–Crippen LogP) is 2.87. The van der Waals surface area contributed by atoms with Crippen molar-refractivity contribution in [3.63, 3.8) is 0 Å². The number of amides is 1. The van der Waals surface area contributed by atoms with Crippen molar-refractivity contribution in [3.8, 4) is 17.2 Å². The third-order valence-corrected chi connectivity index (χ3v) is 3.45. The number of nitrogens with one attached hydrogen (secondary N) is 1. The van der Waals surface area contributed by atoms with Crippen LogP contribution in [0.4, 0.5) is 0 Å². The van der Waals surface area contributed by atoms with Crippen LogP contribution in [0.3, 0.4) is 0 Å². The quantitative estimate of drug-likeness (QED) is 0.392. The van der Waals surface area contributed by atoms with E-state index in [1.807, 2.05) is 0 Å². The van der Waals surface area contributed by atoms with E-state index in [0.29, 0.717) is 5.02 Å². The lowest BCUT2D eigenvalue weighted by atomic mass is 10.2. The molecule has 0 aliphatic heterocycles. The van der Waals surface area contributed by atoms with E-state index < -0.39 is 23.2 Å². The summed E-state index contributed by atoms with van der Waals surface area (Å²) in [5.41, 5.74) is 2.60. The van der Waals surface area contributed by atoms with Crippen molar-refractivity contribution in [1.29, 1.82) is 0 Å². The number of hydrogen-bond acceptors (Lipinski definition) is 5. The molecule has 2 aromatic carbocycles. The minimum absolute atomic E-state index is 0.115. The third-order valence-electron chi connectivity index (χ3n) is 2.71. The molecule has 1 amide bonds. The maximum atomic E-state index is 11.8. The molecule has 22 heavy (non-hydrogen) atoms. The summed E-state index contributed by atoms with van der Waals surface area (Å²) in [7, 11) is 0. The van der Waals surface area contributed by atoms with Gasteiger partial charge in [0.2, 0.25) is 5.75 Å². The number of carbonyl (C=O) groups is 1. The predicted molar refractivity (Wildman–Crippen MR) is 83.0 cm³/mol. The molecule has 0 saturated carbocycles. The lowest BCUT2D eigenvalue weighted by Gasteiger charge is -2.04. The Balaban J connectivity index is 2.10. The maximum absolute atomic E-state index is 11.8. The number of carbonyl (C=O) groups excluding carboxylic acids is 1. The zero-order chi connectivity index (χ0) is 16.3. The van der Waals surface area contributed by atoms with Crippen LogP contribution in [0, 0.1) is 0 Å². The zero-order valence-corrected chi connectivity index (χ0v) is 12.4. The molecule has 0 aromatic heterocycles. The lowest BCUT2D eigenvalue weighted by molar-refractivity contribution is 0.0955. The number of phenolic OH excluding ortho intramolecular Hbond substituents is 3. The molecule has 2 rings (SSSR count). The Labute approximate surface area is 135 Å². The van der Waals surface area contributed by atoms with E-state index >= 15 is 0 Å². The highest BCUT2D eigenvalue weighted by molar-refractivity contribution is 6.42. The van der Waals surface area contributed by atoms with Crippen molar-refractivity contribution in [2.45, 2.75) is 0 Å². The molecule has 0 fully saturated rings.